The number of nitrogens with one attached hydrogen (secondary N) is 2. The number of nitrogens with zero attached hydrogens (tertiary/aromatic N) is 3. The highest BCUT2D eigenvalue weighted by molar-refractivity contribution is 5.96. The smallest absolute Gasteiger partial charge is 0.275 e. The molecule has 3 heterocycles. The molecule has 2 fully saturated rings. The van der Waals surface area contributed by atoms with Crippen molar-refractivity contribution >= 4 is 24.2 Å². The normalized spacial score (nSPS) is 24.5. The summed E-state index contributed by atoms with van der Waals surface area (Å²) >= 11 is 0. The first-order valence-electron chi connectivity index (χ1n) is 8.42. The van der Waals surface area contributed by atoms with Gasteiger partial charge in [-0.3, -0.25) is 14.3 Å². The summed E-state index contributed by atoms with van der Waals surface area (Å²) in [7, 11) is 0. The fourth-order valence-corrected chi connectivity index (χ4v) is 3.44. The average Bonchev–Trinajstić information content (AvgIpc) is 3.04. The minimum Gasteiger partial charge on any atom is -0.353 e. The standard InChI is InChI=1S/C16H25N5O2.ClH/c1-11(2)14-15(22)18-7-9-20(14)16(23)13-5-8-21(19-13)12-4-3-6-17-10-12;/h5,8,11-12,14,17H,3-4,6-7,9-10H2,1-2H3,(H,18,22);1H. The fourth-order valence-electron chi connectivity index (χ4n) is 3.44. The third-order valence-corrected chi connectivity index (χ3v) is 4.62. The molecular weight excluding hydrogens is 330 g/mol. The van der Waals surface area contributed by atoms with Crippen LogP contribution in [-0.4, -0.2) is 58.7 Å². The van der Waals surface area contributed by atoms with Crippen molar-refractivity contribution in [1.29, 1.82) is 0 Å². The zero-order valence-electron chi connectivity index (χ0n) is 14.2. The van der Waals surface area contributed by atoms with E-state index in [-0.39, 0.29) is 30.1 Å². The maximum Gasteiger partial charge on any atom is 0.275 e. The number of carbonyl (C=O) groups excluding carboxylic acids is 2. The Labute approximate surface area is 148 Å². The Kier molecular flexibility index (Phi) is 6.23. The Bertz CT molecular complexity index is 583. The van der Waals surface area contributed by atoms with Crippen molar-refractivity contribution < 1.29 is 9.59 Å². The molecule has 2 aliphatic heterocycles. The van der Waals surface area contributed by atoms with Gasteiger partial charge in [-0.2, -0.15) is 5.10 Å². The molecule has 8 heteroatoms. The molecule has 2 aliphatic rings. The summed E-state index contributed by atoms with van der Waals surface area (Å²) in [6, 6.07) is 1.65. The molecule has 1 aromatic rings. The molecule has 0 aromatic carbocycles. The molecule has 0 aliphatic carbocycles. The zero-order chi connectivity index (χ0) is 16.4. The van der Waals surface area contributed by atoms with Gasteiger partial charge in [0.1, 0.15) is 11.7 Å². The summed E-state index contributed by atoms with van der Waals surface area (Å²) in [6.07, 6.45) is 4.07. The van der Waals surface area contributed by atoms with Gasteiger partial charge in [-0.15, -0.1) is 12.4 Å². The molecule has 2 saturated heterocycles. The SMILES string of the molecule is CC(C)C1C(=O)NCCN1C(=O)c1ccn(C2CCCNC2)n1.Cl. The number of carbonyl (C=O) groups is 2. The number of hydrogen-bond acceptors (Lipinski definition) is 4. The first-order valence-corrected chi connectivity index (χ1v) is 8.42. The molecule has 134 valence electrons. The molecule has 2 amide bonds. The maximum absolute atomic E-state index is 12.8. The highest BCUT2D eigenvalue weighted by Crippen LogP contribution is 2.19. The summed E-state index contributed by atoms with van der Waals surface area (Å²) in [6.45, 7) is 6.88. The van der Waals surface area contributed by atoms with Crippen molar-refractivity contribution in [2.24, 2.45) is 5.92 Å². The van der Waals surface area contributed by atoms with Crippen LogP contribution in [0.5, 0.6) is 0 Å². The number of amides is 2. The molecule has 7 nitrogen and oxygen atoms in total. The topological polar surface area (TPSA) is 79.3 Å². The van der Waals surface area contributed by atoms with Crippen LogP contribution in [0, 0.1) is 5.92 Å². The van der Waals surface area contributed by atoms with E-state index in [9.17, 15) is 9.59 Å². The van der Waals surface area contributed by atoms with E-state index in [0.29, 0.717) is 24.8 Å². The molecular formula is C16H26ClN5O2. The highest BCUT2D eigenvalue weighted by Gasteiger charge is 2.36. The lowest BCUT2D eigenvalue weighted by molar-refractivity contribution is -0.129. The van der Waals surface area contributed by atoms with Crippen LogP contribution < -0.4 is 10.6 Å². The molecule has 2 unspecified atom stereocenters. The highest BCUT2D eigenvalue weighted by atomic mass is 35.5. The van der Waals surface area contributed by atoms with Gasteiger partial charge in [-0.25, -0.2) is 0 Å². The average molecular weight is 356 g/mol. The van der Waals surface area contributed by atoms with Crippen LogP contribution in [0.25, 0.3) is 0 Å². The second kappa shape index (κ2) is 7.98. The molecule has 1 aromatic heterocycles. The van der Waals surface area contributed by atoms with Gasteiger partial charge in [0.15, 0.2) is 0 Å². The van der Waals surface area contributed by atoms with Crippen LogP contribution in [0.15, 0.2) is 12.3 Å². The molecule has 24 heavy (non-hydrogen) atoms. The summed E-state index contributed by atoms with van der Waals surface area (Å²) < 4.78 is 1.88. The van der Waals surface area contributed by atoms with Crippen LogP contribution in [0.3, 0.4) is 0 Å². The lowest BCUT2D eigenvalue weighted by atomic mass is 9.99. The van der Waals surface area contributed by atoms with Crippen molar-refractivity contribution in [2.45, 2.75) is 38.8 Å². The van der Waals surface area contributed by atoms with Crippen molar-refractivity contribution in [1.82, 2.24) is 25.3 Å². The number of piperidine rings is 1. The van der Waals surface area contributed by atoms with E-state index in [0.717, 1.165) is 25.9 Å². The van der Waals surface area contributed by atoms with E-state index in [4.69, 9.17) is 0 Å². The van der Waals surface area contributed by atoms with E-state index < -0.39 is 6.04 Å². The second-order valence-electron chi connectivity index (χ2n) is 6.66. The lowest BCUT2D eigenvalue weighted by Gasteiger charge is -2.36. The minimum atomic E-state index is -0.419. The number of halogens is 1. The number of hydrogen-bond donors (Lipinski definition) is 2. The van der Waals surface area contributed by atoms with Crippen LogP contribution in [-0.2, 0) is 4.79 Å². The lowest BCUT2D eigenvalue weighted by Crippen LogP contribution is -2.59. The van der Waals surface area contributed by atoms with E-state index in [1.54, 1.807) is 11.0 Å². The predicted molar refractivity (Wildman–Crippen MR) is 93.3 cm³/mol. The molecule has 3 rings (SSSR count). The van der Waals surface area contributed by atoms with Crippen molar-refractivity contribution in [3.05, 3.63) is 18.0 Å². The van der Waals surface area contributed by atoms with Crippen LogP contribution in [0.4, 0.5) is 0 Å². The number of piperazine rings is 1. The van der Waals surface area contributed by atoms with E-state index in [1.807, 2.05) is 24.7 Å². The van der Waals surface area contributed by atoms with Gasteiger partial charge in [-0.05, 0) is 31.4 Å². The Morgan fingerprint density at radius 1 is 1.38 bits per heavy atom. The second-order valence-corrected chi connectivity index (χ2v) is 6.66. The van der Waals surface area contributed by atoms with Crippen LogP contribution >= 0.6 is 12.4 Å². The van der Waals surface area contributed by atoms with Crippen molar-refractivity contribution in [3.8, 4) is 0 Å². The maximum atomic E-state index is 12.8. The third kappa shape index (κ3) is 3.72. The van der Waals surface area contributed by atoms with Gasteiger partial charge in [0.2, 0.25) is 5.91 Å². The molecule has 0 spiro atoms. The minimum absolute atomic E-state index is 0. The number of aromatic nitrogens is 2. The molecule has 2 N–H and O–H groups in total. The van der Waals surface area contributed by atoms with E-state index in [2.05, 4.69) is 15.7 Å². The molecule has 0 saturated carbocycles. The largest absolute Gasteiger partial charge is 0.353 e. The molecule has 0 radical (unpaired) electrons. The van der Waals surface area contributed by atoms with Crippen molar-refractivity contribution in [2.75, 3.05) is 26.2 Å². The monoisotopic (exact) mass is 355 g/mol. The predicted octanol–water partition coefficient (Wildman–Crippen LogP) is 0.826. The summed E-state index contributed by atoms with van der Waals surface area (Å²) in [5.41, 5.74) is 0.427. The van der Waals surface area contributed by atoms with Gasteiger partial charge in [0.25, 0.3) is 5.91 Å². The van der Waals surface area contributed by atoms with Crippen LogP contribution in [0.2, 0.25) is 0 Å². The van der Waals surface area contributed by atoms with Crippen LogP contribution in [0.1, 0.15) is 43.2 Å². The Morgan fingerprint density at radius 3 is 2.83 bits per heavy atom. The van der Waals surface area contributed by atoms with Gasteiger partial charge < -0.3 is 15.5 Å². The first kappa shape index (κ1) is 18.7. The molecule has 0 bridgehead atoms. The first-order chi connectivity index (χ1) is 11.1. The quantitative estimate of drug-likeness (QED) is 0.841. The summed E-state index contributed by atoms with van der Waals surface area (Å²) in [4.78, 5) is 26.6. The Balaban J connectivity index is 0.00000208. The van der Waals surface area contributed by atoms with Gasteiger partial charge in [0, 0.05) is 25.8 Å². The van der Waals surface area contributed by atoms with Gasteiger partial charge in [-0.1, -0.05) is 13.8 Å². The van der Waals surface area contributed by atoms with E-state index >= 15 is 0 Å². The van der Waals surface area contributed by atoms with Crippen molar-refractivity contribution in [3.63, 3.8) is 0 Å². The van der Waals surface area contributed by atoms with Gasteiger partial charge in [0.05, 0.1) is 6.04 Å². The van der Waals surface area contributed by atoms with Gasteiger partial charge >= 0.3 is 0 Å². The third-order valence-electron chi connectivity index (χ3n) is 4.62. The zero-order valence-corrected chi connectivity index (χ0v) is 15.0. The summed E-state index contributed by atoms with van der Waals surface area (Å²) in [5.74, 6) is -0.152. The van der Waals surface area contributed by atoms with E-state index in [1.165, 1.54) is 0 Å². The number of rotatable bonds is 3. The summed E-state index contributed by atoms with van der Waals surface area (Å²) in [5, 5.41) is 10.7. The Hall–Kier alpha value is -1.60. The fraction of sp³-hybridized carbons (Fsp3) is 0.688. The Morgan fingerprint density at radius 2 is 2.17 bits per heavy atom. The molecule has 2 atom stereocenters.